The minimum absolute atomic E-state index is 0.293. The van der Waals surface area contributed by atoms with Gasteiger partial charge in [-0.1, -0.05) is 47.8 Å². The van der Waals surface area contributed by atoms with E-state index in [1.807, 2.05) is 18.2 Å². The molecular weight excluding hydrogens is 287 g/mol. The summed E-state index contributed by atoms with van der Waals surface area (Å²) < 4.78 is 5.36. The Balaban J connectivity index is 2.96. The van der Waals surface area contributed by atoms with E-state index in [9.17, 15) is 0 Å². The van der Waals surface area contributed by atoms with Gasteiger partial charge in [-0.3, -0.25) is 0 Å². The monoisotopic (exact) mass is 304 g/mol. The minimum atomic E-state index is 0.293. The molecule has 0 bridgehead atoms. The maximum absolute atomic E-state index is 6.02. The molecule has 1 rings (SSSR count). The van der Waals surface area contributed by atoms with Crippen LogP contribution in [0.5, 0.6) is 5.75 Å². The molecule has 0 fully saturated rings. The standard InChI is InChI=1S/C13H18BrClO/c1-4-5-9(2)13(14)11-8-10(15)6-7-12(11)16-3/h6-9,13H,4-5H2,1-3H3. The molecule has 0 aliphatic rings. The number of methoxy groups -OCH3 is 1. The fourth-order valence-corrected chi connectivity index (χ4v) is 2.63. The number of benzene rings is 1. The van der Waals surface area contributed by atoms with Crippen LogP contribution in [-0.4, -0.2) is 7.11 Å². The first kappa shape index (κ1) is 13.9. The van der Waals surface area contributed by atoms with E-state index in [4.69, 9.17) is 16.3 Å². The van der Waals surface area contributed by atoms with E-state index in [-0.39, 0.29) is 0 Å². The minimum Gasteiger partial charge on any atom is -0.496 e. The van der Waals surface area contributed by atoms with E-state index in [1.165, 1.54) is 12.8 Å². The molecule has 0 saturated heterocycles. The molecule has 0 aliphatic carbocycles. The topological polar surface area (TPSA) is 9.23 Å². The van der Waals surface area contributed by atoms with Gasteiger partial charge in [0.05, 0.1) is 7.11 Å². The Hall–Kier alpha value is -0.210. The van der Waals surface area contributed by atoms with Crippen LogP contribution in [0.3, 0.4) is 0 Å². The predicted octanol–water partition coefficient (Wildman–Crippen LogP) is 5.22. The SMILES string of the molecule is CCCC(C)C(Br)c1cc(Cl)ccc1OC. The normalized spacial score (nSPS) is 14.6. The first-order valence-electron chi connectivity index (χ1n) is 5.57. The van der Waals surface area contributed by atoms with Crippen molar-refractivity contribution in [1.29, 1.82) is 0 Å². The lowest BCUT2D eigenvalue weighted by Gasteiger charge is -2.20. The molecule has 1 aromatic rings. The molecular formula is C13H18BrClO. The summed E-state index contributed by atoms with van der Waals surface area (Å²) in [4.78, 5) is 0.293. The highest BCUT2D eigenvalue weighted by Crippen LogP contribution is 2.39. The van der Waals surface area contributed by atoms with Crippen LogP contribution in [0.2, 0.25) is 5.02 Å². The second-order valence-electron chi connectivity index (χ2n) is 4.05. The van der Waals surface area contributed by atoms with Crippen LogP contribution in [0.4, 0.5) is 0 Å². The summed E-state index contributed by atoms with van der Waals surface area (Å²) in [5.41, 5.74) is 1.14. The highest BCUT2D eigenvalue weighted by atomic mass is 79.9. The third kappa shape index (κ3) is 3.39. The van der Waals surface area contributed by atoms with Gasteiger partial charge in [-0.25, -0.2) is 0 Å². The third-order valence-electron chi connectivity index (χ3n) is 2.73. The van der Waals surface area contributed by atoms with Gasteiger partial charge in [0.2, 0.25) is 0 Å². The zero-order valence-corrected chi connectivity index (χ0v) is 12.3. The first-order chi connectivity index (χ1) is 7.60. The quantitative estimate of drug-likeness (QED) is 0.678. The maximum Gasteiger partial charge on any atom is 0.123 e. The summed E-state index contributed by atoms with van der Waals surface area (Å²) in [7, 11) is 1.69. The summed E-state index contributed by atoms with van der Waals surface area (Å²) in [5.74, 6) is 1.46. The molecule has 0 N–H and O–H groups in total. The van der Waals surface area contributed by atoms with Gasteiger partial charge >= 0.3 is 0 Å². The number of hydrogen-bond acceptors (Lipinski definition) is 1. The molecule has 1 nitrogen and oxygen atoms in total. The van der Waals surface area contributed by atoms with E-state index in [0.29, 0.717) is 10.7 Å². The highest BCUT2D eigenvalue weighted by Gasteiger charge is 2.19. The van der Waals surface area contributed by atoms with Gasteiger partial charge in [0.15, 0.2) is 0 Å². The summed E-state index contributed by atoms with van der Waals surface area (Å²) in [5, 5.41) is 0.754. The second-order valence-corrected chi connectivity index (χ2v) is 5.48. The van der Waals surface area contributed by atoms with Crippen molar-refractivity contribution in [3.63, 3.8) is 0 Å². The molecule has 3 heteroatoms. The van der Waals surface area contributed by atoms with Gasteiger partial charge in [0, 0.05) is 15.4 Å². The van der Waals surface area contributed by atoms with E-state index >= 15 is 0 Å². The fraction of sp³-hybridized carbons (Fsp3) is 0.538. The van der Waals surface area contributed by atoms with Gasteiger partial charge in [0.25, 0.3) is 0 Å². The molecule has 0 aromatic heterocycles. The van der Waals surface area contributed by atoms with Crippen LogP contribution in [0.25, 0.3) is 0 Å². The van der Waals surface area contributed by atoms with Crippen molar-refractivity contribution in [2.24, 2.45) is 5.92 Å². The molecule has 0 radical (unpaired) electrons. The van der Waals surface area contributed by atoms with Gasteiger partial charge in [-0.15, -0.1) is 0 Å². The Labute approximate surface area is 111 Å². The Bertz CT molecular complexity index is 341. The largest absolute Gasteiger partial charge is 0.496 e. The Kier molecular flexibility index (Phi) is 5.63. The molecule has 16 heavy (non-hydrogen) atoms. The lowest BCUT2D eigenvalue weighted by molar-refractivity contribution is 0.403. The molecule has 0 amide bonds. The second kappa shape index (κ2) is 6.51. The molecule has 0 heterocycles. The van der Waals surface area contributed by atoms with E-state index in [2.05, 4.69) is 29.8 Å². The van der Waals surface area contributed by atoms with Crippen LogP contribution in [0.1, 0.15) is 37.1 Å². The molecule has 1 aromatic carbocycles. The zero-order valence-electron chi connectivity index (χ0n) is 9.97. The summed E-state index contributed by atoms with van der Waals surface area (Å²) >= 11 is 9.76. The molecule has 90 valence electrons. The molecule has 0 spiro atoms. The average Bonchev–Trinajstić information content (AvgIpc) is 2.28. The van der Waals surface area contributed by atoms with Gasteiger partial charge in [-0.05, 0) is 30.5 Å². The lowest BCUT2D eigenvalue weighted by atomic mass is 9.96. The average molecular weight is 306 g/mol. The molecule has 0 saturated carbocycles. The van der Waals surface area contributed by atoms with Gasteiger partial charge in [-0.2, -0.15) is 0 Å². The number of halogens is 2. The van der Waals surface area contributed by atoms with Crippen LogP contribution in [-0.2, 0) is 0 Å². The van der Waals surface area contributed by atoms with Crippen molar-refractivity contribution in [2.45, 2.75) is 31.5 Å². The van der Waals surface area contributed by atoms with Crippen LogP contribution in [0.15, 0.2) is 18.2 Å². The van der Waals surface area contributed by atoms with Crippen LogP contribution >= 0.6 is 27.5 Å². The van der Waals surface area contributed by atoms with Crippen molar-refractivity contribution in [3.8, 4) is 5.75 Å². The van der Waals surface area contributed by atoms with Crippen molar-refractivity contribution >= 4 is 27.5 Å². The molecule has 2 unspecified atom stereocenters. The molecule has 2 atom stereocenters. The van der Waals surface area contributed by atoms with Crippen molar-refractivity contribution < 1.29 is 4.74 Å². The first-order valence-corrected chi connectivity index (χ1v) is 6.87. The summed E-state index contributed by atoms with van der Waals surface area (Å²) in [6, 6.07) is 5.75. The Morgan fingerprint density at radius 2 is 2.12 bits per heavy atom. The third-order valence-corrected chi connectivity index (χ3v) is 4.36. The van der Waals surface area contributed by atoms with Crippen molar-refractivity contribution in [3.05, 3.63) is 28.8 Å². The van der Waals surface area contributed by atoms with Gasteiger partial charge < -0.3 is 4.74 Å². The summed E-state index contributed by atoms with van der Waals surface area (Å²) in [6.45, 7) is 4.44. The number of hydrogen-bond donors (Lipinski definition) is 0. The Morgan fingerprint density at radius 3 is 2.69 bits per heavy atom. The van der Waals surface area contributed by atoms with E-state index in [0.717, 1.165) is 16.3 Å². The molecule has 0 aliphatic heterocycles. The number of alkyl halides is 1. The fourth-order valence-electron chi connectivity index (χ4n) is 1.83. The predicted molar refractivity (Wildman–Crippen MR) is 73.7 cm³/mol. The zero-order chi connectivity index (χ0) is 12.1. The van der Waals surface area contributed by atoms with Gasteiger partial charge in [0.1, 0.15) is 5.75 Å². The Morgan fingerprint density at radius 1 is 1.44 bits per heavy atom. The van der Waals surface area contributed by atoms with Crippen molar-refractivity contribution in [2.75, 3.05) is 7.11 Å². The van der Waals surface area contributed by atoms with E-state index < -0.39 is 0 Å². The van der Waals surface area contributed by atoms with Crippen LogP contribution in [0, 0.1) is 5.92 Å². The lowest BCUT2D eigenvalue weighted by Crippen LogP contribution is -2.05. The van der Waals surface area contributed by atoms with Crippen molar-refractivity contribution in [1.82, 2.24) is 0 Å². The van der Waals surface area contributed by atoms with E-state index in [1.54, 1.807) is 7.11 Å². The number of ether oxygens (including phenoxy) is 1. The van der Waals surface area contributed by atoms with Crippen LogP contribution < -0.4 is 4.74 Å². The smallest absolute Gasteiger partial charge is 0.123 e. The summed E-state index contributed by atoms with van der Waals surface area (Å²) in [6.07, 6.45) is 2.37. The maximum atomic E-state index is 6.02. The number of rotatable bonds is 5. The highest BCUT2D eigenvalue weighted by molar-refractivity contribution is 9.09.